The van der Waals surface area contributed by atoms with E-state index < -0.39 is 12.5 Å². The molecule has 1 aromatic rings. The zero-order valence-electron chi connectivity index (χ0n) is 9.05. The molecule has 0 bridgehead atoms. The Labute approximate surface area is 88.3 Å². The van der Waals surface area contributed by atoms with Crippen LogP contribution in [0, 0.1) is 6.92 Å². The number of benzene rings is 1. The molecule has 0 aliphatic rings. The molecule has 1 N–H and O–H groups in total. The quantitative estimate of drug-likeness (QED) is 0.833. The zero-order chi connectivity index (χ0) is 11.4. The van der Waals surface area contributed by atoms with Gasteiger partial charge in [0.15, 0.2) is 0 Å². The van der Waals surface area contributed by atoms with Crippen LogP contribution in [0.1, 0.15) is 12.5 Å². The number of hydrogen-bond acceptors (Lipinski definition) is 2. The van der Waals surface area contributed by atoms with E-state index in [1.54, 1.807) is 25.3 Å². The smallest absolute Gasteiger partial charge is 0.258 e. The molecule has 15 heavy (non-hydrogen) atoms. The van der Waals surface area contributed by atoms with Crippen LogP contribution >= 0.6 is 0 Å². The molecular weight excluding hydrogens is 200 g/mol. The van der Waals surface area contributed by atoms with Gasteiger partial charge in [0.2, 0.25) is 0 Å². The van der Waals surface area contributed by atoms with Crippen molar-refractivity contribution in [3.05, 3.63) is 23.8 Å². The summed E-state index contributed by atoms with van der Waals surface area (Å²) in [4.78, 5) is 0. The van der Waals surface area contributed by atoms with Crippen LogP contribution in [0.15, 0.2) is 18.2 Å². The van der Waals surface area contributed by atoms with Crippen molar-refractivity contribution in [3.8, 4) is 5.75 Å². The zero-order valence-corrected chi connectivity index (χ0v) is 9.05. The topological polar surface area (TPSA) is 21.3 Å². The summed E-state index contributed by atoms with van der Waals surface area (Å²) in [5.74, 6) is 0.755. The van der Waals surface area contributed by atoms with Gasteiger partial charge in [-0.15, -0.1) is 0 Å². The average Bonchev–Trinajstić information content (AvgIpc) is 2.18. The number of aryl methyl sites for hydroxylation is 1. The summed E-state index contributed by atoms with van der Waals surface area (Å²) in [7, 11) is 1.58. The van der Waals surface area contributed by atoms with E-state index in [1.165, 1.54) is 6.92 Å². The fourth-order valence-corrected chi connectivity index (χ4v) is 1.29. The van der Waals surface area contributed by atoms with Crippen molar-refractivity contribution in [2.45, 2.75) is 26.3 Å². The number of anilines is 1. The molecule has 2 nitrogen and oxygen atoms in total. The third-order valence-corrected chi connectivity index (χ3v) is 2.17. The summed E-state index contributed by atoms with van der Waals surface area (Å²) in [5.41, 5.74) is 1.60. The fourth-order valence-electron chi connectivity index (χ4n) is 1.29. The van der Waals surface area contributed by atoms with E-state index in [0.717, 1.165) is 11.3 Å². The number of methoxy groups -OCH3 is 1. The predicted molar refractivity (Wildman–Crippen MR) is 56.8 cm³/mol. The molecule has 0 spiro atoms. The highest BCUT2D eigenvalue weighted by molar-refractivity contribution is 5.51. The van der Waals surface area contributed by atoms with Gasteiger partial charge < -0.3 is 10.1 Å². The van der Waals surface area contributed by atoms with Gasteiger partial charge in [-0.1, -0.05) is 0 Å². The van der Waals surface area contributed by atoms with E-state index in [-0.39, 0.29) is 0 Å². The van der Waals surface area contributed by atoms with Gasteiger partial charge in [0.25, 0.3) is 6.43 Å². The third kappa shape index (κ3) is 3.08. The number of ether oxygens (including phenoxy) is 1. The lowest BCUT2D eigenvalue weighted by atomic mass is 10.2. The third-order valence-electron chi connectivity index (χ3n) is 2.17. The van der Waals surface area contributed by atoms with Crippen molar-refractivity contribution in [3.63, 3.8) is 0 Å². The Hall–Kier alpha value is -1.32. The maximum absolute atomic E-state index is 12.3. The second kappa shape index (κ2) is 4.96. The Morgan fingerprint density at radius 3 is 2.47 bits per heavy atom. The van der Waals surface area contributed by atoms with E-state index in [1.807, 2.05) is 6.92 Å². The van der Waals surface area contributed by atoms with Crippen molar-refractivity contribution in [1.29, 1.82) is 0 Å². The molecule has 1 aromatic carbocycles. The van der Waals surface area contributed by atoms with Gasteiger partial charge in [0, 0.05) is 5.69 Å². The highest BCUT2D eigenvalue weighted by Gasteiger charge is 2.14. The molecule has 0 saturated heterocycles. The molecule has 0 fully saturated rings. The minimum absolute atomic E-state index is 0.682. The Bertz CT molecular complexity index is 328. The van der Waals surface area contributed by atoms with E-state index in [0.29, 0.717) is 5.69 Å². The fraction of sp³-hybridized carbons (Fsp3) is 0.455. The van der Waals surface area contributed by atoms with Crippen LogP contribution in [0.2, 0.25) is 0 Å². The lowest BCUT2D eigenvalue weighted by molar-refractivity contribution is 0.131. The van der Waals surface area contributed by atoms with Crippen molar-refractivity contribution in [1.82, 2.24) is 0 Å². The van der Waals surface area contributed by atoms with Gasteiger partial charge >= 0.3 is 0 Å². The average molecular weight is 215 g/mol. The van der Waals surface area contributed by atoms with Gasteiger partial charge in [-0.2, -0.15) is 0 Å². The summed E-state index contributed by atoms with van der Waals surface area (Å²) < 4.78 is 29.6. The summed E-state index contributed by atoms with van der Waals surface area (Å²) in [6.07, 6.45) is -2.37. The molecule has 0 aliphatic carbocycles. The number of hydrogen-bond donors (Lipinski definition) is 1. The number of halogens is 2. The molecule has 1 atom stereocenters. The Kier molecular flexibility index (Phi) is 3.88. The van der Waals surface area contributed by atoms with Crippen LogP contribution < -0.4 is 10.1 Å². The Balaban J connectivity index is 2.75. The monoisotopic (exact) mass is 215 g/mol. The number of rotatable bonds is 4. The normalized spacial score (nSPS) is 12.7. The first-order valence-corrected chi connectivity index (χ1v) is 4.74. The molecule has 0 aromatic heterocycles. The minimum atomic E-state index is -2.37. The largest absolute Gasteiger partial charge is 0.496 e. The van der Waals surface area contributed by atoms with E-state index in [2.05, 4.69) is 5.32 Å². The van der Waals surface area contributed by atoms with Gasteiger partial charge in [0.05, 0.1) is 13.2 Å². The molecule has 0 radical (unpaired) electrons. The van der Waals surface area contributed by atoms with Crippen molar-refractivity contribution < 1.29 is 13.5 Å². The van der Waals surface area contributed by atoms with E-state index >= 15 is 0 Å². The number of alkyl halides is 2. The molecule has 0 amide bonds. The highest BCUT2D eigenvalue weighted by Crippen LogP contribution is 2.22. The predicted octanol–water partition coefficient (Wildman–Crippen LogP) is 3.07. The first kappa shape index (κ1) is 11.8. The van der Waals surface area contributed by atoms with Gasteiger partial charge in [-0.25, -0.2) is 8.78 Å². The van der Waals surface area contributed by atoms with Crippen molar-refractivity contribution in [2.24, 2.45) is 0 Å². The first-order chi connectivity index (χ1) is 7.04. The molecule has 84 valence electrons. The summed E-state index contributed by atoms with van der Waals surface area (Å²) in [5, 5.41) is 2.73. The van der Waals surface area contributed by atoms with Gasteiger partial charge in [0.1, 0.15) is 5.75 Å². The minimum Gasteiger partial charge on any atom is -0.496 e. The first-order valence-electron chi connectivity index (χ1n) is 4.74. The van der Waals surface area contributed by atoms with Gasteiger partial charge in [-0.05, 0) is 37.6 Å². The van der Waals surface area contributed by atoms with Crippen molar-refractivity contribution >= 4 is 5.69 Å². The Morgan fingerprint density at radius 1 is 1.33 bits per heavy atom. The standard InChI is InChI=1S/C11H15F2NO/c1-7-6-9(4-5-10(7)15-3)14-8(2)11(12)13/h4-6,8,11,14H,1-3H3. The Morgan fingerprint density at radius 2 is 2.00 bits per heavy atom. The maximum Gasteiger partial charge on any atom is 0.258 e. The van der Waals surface area contributed by atoms with E-state index in [4.69, 9.17) is 4.74 Å². The molecule has 0 saturated carbocycles. The molecule has 0 heterocycles. The van der Waals surface area contributed by atoms with E-state index in [9.17, 15) is 8.78 Å². The van der Waals surface area contributed by atoms with Crippen LogP contribution in [-0.4, -0.2) is 19.6 Å². The van der Waals surface area contributed by atoms with Crippen LogP contribution in [0.5, 0.6) is 5.75 Å². The second-order valence-electron chi connectivity index (χ2n) is 3.45. The van der Waals surface area contributed by atoms with Gasteiger partial charge in [-0.3, -0.25) is 0 Å². The highest BCUT2D eigenvalue weighted by atomic mass is 19.3. The molecule has 0 aliphatic heterocycles. The maximum atomic E-state index is 12.3. The van der Waals surface area contributed by atoms with Crippen LogP contribution in [0.4, 0.5) is 14.5 Å². The lowest BCUT2D eigenvalue weighted by Crippen LogP contribution is -2.23. The second-order valence-corrected chi connectivity index (χ2v) is 3.45. The van der Waals surface area contributed by atoms with Crippen LogP contribution in [0.3, 0.4) is 0 Å². The summed E-state index contributed by atoms with van der Waals surface area (Å²) in [6.45, 7) is 3.32. The SMILES string of the molecule is COc1ccc(NC(C)C(F)F)cc1C. The number of nitrogens with one attached hydrogen (secondary N) is 1. The molecule has 4 heteroatoms. The lowest BCUT2D eigenvalue weighted by Gasteiger charge is -2.15. The summed E-state index contributed by atoms with van der Waals surface area (Å²) in [6, 6.07) is 4.43. The molecular formula is C11H15F2NO. The van der Waals surface area contributed by atoms with Crippen LogP contribution in [0.25, 0.3) is 0 Å². The van der Waals surface area contributed by atoms with Crippen molar-refractivity contribution in [2.75, 3.05) is 12.4 Å². The van der Waals surface area contributed by atoms with Crippen LogP contribution in [-0.2, 0) is 0 Å². The molecule has 1 unspecified atom stereocenters. The summed E-state index contributed by atoms with van der Waals surface area (Å²) >= 11 is 0. The molecule has 1 rings (SSSR count).